The van der Waals surface area contributed by atoms with Gasteiger partial charge in [-0.1, -0.05) is 11.6 Å². The Labute approximate surface area is 106 Å². The van der Waals surface area contributed by atoms with Crippen LogP contribution >= 0.6 is 11.6 Å². The van der Waals surface area contributed by atoms with Crippen molar-refractivity contribution in [1.82, 2.24) is 9.78 Å². The fourth-order valence-electron chi connectivity index (χ4n) is 1.36. The van der Waals surface area contributed by atoms with Gasteiger partial charge in [0.1, 0.15) is 0 Å². The predicted molar refractivity (Wildman–Crippen MR) is 62.5 cm³/mol. The Bertz CT molecular complexity index is 612. The molecule has 1 aromatic heterocycles. The number of nitrogens with zero attached hydrogens (tertiary/aromatic N) is 2. The molecule has 0 bridgehead atoms. The summed E-state index contributed by atoms with van der Waals surface area (Å²) >= 11 is 5.67. The van der Waals surface area contributed by atoms with Gasteiger partial charge in [0.15, 0.2) is 17.5 Å². The molecule has 0 aliphatic heterocycles. The summed E-state index contributed by atoms with van der Waals surface area (Å²) in [5, 5.41) is 6.18. The molecule has 0 saturated carbocycles. The van der Waals surface area contributed by atoms with Crippen LogP contribution < -0.4 is 5.32 Å². The zero-order valence-electron chi connectivity index (χ0n) is 9.25. The van der Waals surface area contributed by atoms with Gasteiger partial charge in [-0.3, -0.25) is 9.48 Å². The first-order chi connectivity index (χ1) is 8.47. The third-order valence-corrected chi connectivity index (χ3v) is 2.52. The largest absolute Gasteiger partial charge is 0.305 e. The van der Waals surface area contributed by atoms with Crippen LogP contribution in [0.2, 0.25) is 5.02 Å². The van der Waals surface area contributed by atoms with Crippen LogP contribution in [0, 0.1) is 11.6 Å². The van der Waals surface area contributed by atoms with E-state index in [1.807, 2.05) is 0 Å². The van der Waals surface area contributed by atoms with Gasteiger partial charge in [-0.2, -0.15) is 5.10 Å². The second-order valence-corrected chi connectivity index (χ2v) is 3.98. The quantitative estimate of drug-likeness (QED) is 0.854. The molecule has 0 aliphatic carbocycles. The number of aromatic nitrogens is 2. The number of benzene rings is 1. The summed E-state index contributed by atoms with van der Waals surface area (Å²) in [6.45, 7) is 0. The Morgan fingerprint density at radius 3 is 2.67 bits per heavy atom. The van der Waals surface area contributed by atoms with Crippen molar-refractivity contribution in [3.05, 3.63) is 46.6 Å². The molecule has 0 radical (unpaired) electrons. The molecule has 0 unspecified atom stereocenters. The summed E-state index contributed by atoms with van der Waals surface area (Å²) in [5.74, 6) is -2.60. The van der Waals surface area contributed by atoms with Gasteiger partial charge in [0, 0.05) is 19.3 Å². The minimum absolute atomic E-state index is 0.152. The van der Waals surface area contributed by atoms with Gasteiger partial charge in [-0.15, -0.1) is 0 Å². The van der Waals surface area contributed by atoms with Gasteiger partial charge in [0.25, 0.3) is 5.91 Å². The SMILES string of the molecule is Cn1ccc(NC(=O)c2cc(F)c(F)cc2Cl)n1. The first-order valence-corrected chi connectivity index (χ1v) is 5.30. The van der Waals surface area contributed by atoms with E-state index in [0.717, 1.165) is 12.1 Å². The molecule has 0 atom stereocenters. The Hall–Kier alpha value is -1.95. The maximum atomic E-state index is 13.0. The summed E-state index contributed by atoms with van der Waals surface area (Å²) in [4.78, 5) is 11.8. The number of amides is 1. The van der Waals surface area contributed by atoms with Crippen LogP contribution in [0.3, 0.4) is 0 Å². The minimum atomic E-state index is -1.13. The Morgan fingerprint density at radius 1 is 1.39 bits per heavy atom. The van der Waals surface area contributed by atoms with E-state index < -0.39 is 17.5 Å². The fraction of sp³-hybridized carbons (Fsp3) is 0.0909. The van der Waals surface area contributed by atoms with E-state index >= 15 is 0 Å². The van der Waals surface area contributed by atoms with Gasteiger partial charge < -0.3 is 5.32 Å². The summed E-state index contributed by atoms with van der Waals surface area (Å²) in [6, 6.07) is 3.06. The van der Waals surface area contributed by atoms with Crippen LogP contribution in [-0.2, 0) is 7.05 Å². The molecular formula is C11H8ClF2N3O. The van der Waals surface area contributed by atoms with Gasteiger partial charge in [-0.05, 0) is 12.1 Å². The molecule has 1 aromatic carbocycles. The first-order valence-electron chi connectivity index (χ1n) is 4.93. The maximum Gasteiger partial charge on any atom is 0.258 e. The van der Waals surface area contributed by atoms with Crippen molar-refractivity contribution in [1.29, 1.82) is 0 Å². The Balaban J connectivity index is 2.26. The highest BCUT2D eigenvalue weighted by molar-refractivity contribution is 6.34. The van der Waals surface area contributed by atoms with Crippen molar-refractivity contribution in [3.8, 4) is 0 Å². The molecule has 18 heavy (non-hydrogen) atoms. The topological polar surface area (TPSA) is 46.9 Å². The number of aryl methyl sites for hydroxylation is 1. The molecule has 0 aliphatic rings. The number of halogens is 3. The Morgan fingerprint density at radius 2 is 2.06 bits per heavy atom. The first kappa shape index (κ1) is 12.5. The number of carbonyl (C=O) groups is 1. The van der Waals surface area contributed by atoms with Crippen LogP contribution in [0.25, 0.3) is 0 Å². The molecule has 2 aromatic rings. The molecule has 7 heteroatoms. The zero-order valence-corrected chi connectivity index (χ0v) is 10.0. The molecule has 0 spiro atoms. The highest BCUT2D eigenvalue weighted by atomic mass is 35.5. The van der Waals surface area contributed by atoms with Gasteiger partial charge in [0.2, 0.25) is 0 Å². The molecule has 4 nitrogen and oxygen atoms in total. The number of nitrogens with one attached hydrogen (secondary N) is 1. The van der Waals surface area contributed by atoms with Crippen molar-refractivity contribution in [2.24, 2.45) is 7.05 Å². The van der Waals surface area contributed by atoms with E-state index in [4.69, 9.17) is 11.6 Å². The van der Waals surface area contributed by atoms with Crippen molar-refractivity contribution in [3.63, 3.8) is 0 Å². The Kier molecular flexibility index (Phi) is 3.29. The average molecular weight is 272 g/mol. The van der Waals surface area contributed by atoms with Crippen LogP contribution in [0.4, 0.5) is 14.6 Å². The third-order valence-electron chi connectivity index (χ3n) is 2.21. The lowest BCUT2D eigenvalue weighted by Crippen LogP contribution is -2.13. The lowest BCUT2D eigenvalue weighted by molar-refractivity contribution is 0.102. The van der Waals surface area contributed by atoms with Crippen LogP contribution in [0.1, 0.15) is 10.4 Å². The summed E-state index contributed by atoms with van der Waals surface area (Å²) in [5.41, 5.74) is -0.152. The van der Waals surface area contributed by atoms with Crippen molar-refractivity contribution >= 4 is 23.3 Å². The van der Waals surface area contributed by atoms with Gasteiger partial charge in [0.05, 0.1) is 10.6 Å². The van der Waals surface area contributed by atoms with Crippen molar-refractivity contribution in [2.75, 3.05) is 5.32 Å². The van der Waals surface area contributed by atoms with E-state index in [9.17, 15) is 13.6 Å². The third kappa shape index (κ3) is 2.48. The lowest BCUT2D eigenvalue weighted by Gasteiger charge is -2.05. The highest BCUT2D eigenvalue weighted by Crippen LogP contribution is 2.21. The number of rotatable bonds is 2. The number of anilines is 1. The van der Waals surface area contributed by atoms with E-state index in [2.05, 4.69) is 10.4 Å². The minimum Gasteiger partial charge on any atom is -0.305 e. The number of hydrogen-bond acceptors (Lipinski definition) is 2. The van der Waals surface area contributed by atoms with E-state index in [1.54, 1.807) is 19.3 Å². The molecule has 0 fully saturated rings. The molecular weight excluding hydrogens is 264 g/mol. The zero-order chi connectivity index (χ0) is 13.3. The smallest absolute Gasteiger partial charge is 0.258 e. The maximum absolute atomic E-state index is 13.0. The van der Waals surface area contributed by atoms with E-state index in [0.29, 0.717) is 5.82 Å². The second kappa shape index (κ2) is 4.73. The van der Waals surface area contributed by atoms with Crippen LogP contribution in [0.15, 0.2) is 24.4 Å². The van der Waals surface area contributed by atoms with Crippen LogP contribution in [0.5, 0.6) is 0 Å². The van der Waals surface area contributed by atoms with Crippen molar-refractivity contribution in [2.45, 2.75) is 0 Å². The molecule has 1 heterocycles. The lowest BCUT2D eigenvalue weighted by atomic mass is 10.2. The molecule has 1 N–H and O–H groups in total. The standard InChI is InChI=1S/C11H8ClF2N3O/c1-17-3-2-10(16-17)15-11(18)6-4-8(13)9(14)5-7(6)12/h2-5H,1H3,(H,15,16,18). The predicted octanol–water partition coefficient (Wildman–Crippen LogP) is 2.60. The summed E-state index contributed by atoms with van der Waals surface area (Å²) in [7, 11) is 1.68. The molecule has 0 saturated heterocycles. The number of hydrogen-bond donors (Lipinski definition) is 1. The average Bonchev–Trinajstić information content (AvgIpc) is 2.69. The van der Waals surface area contributed by atoms with Gasteiger partial charge >= 0.3 is 0 Å². The second-order valence-electron chi connectivity index (χ2n) is 3.57. The molecule has 1 amide bonds. The fourth-order valence-corrected chi connectivity index (χ4v) is 1.60. The van der Waals surface area contributed by atoms with Crippen molar-refractivity contribution < 1.29 is 13.6 Å². The van der Waals surface area contributed by atoms with Crippen LogP contribution in [-0.4, -0.2) is 15.7 Å². The monoisotopic (exact) mass is 271 g/mol. The van der Waals surface area contributed by atoms with E-state index in [1.165, 1.54) is 4.68 Å². The molecule has 94 valence electrons. The summed E-state index contributed by atoms with van der Waals surface area (Å²) < 4.78 is 27.4. The van der Waals surface area contributed by atoms with E-state index in [-0.39, 0.29) is 10.6 Å². The van der Waals surface area contributed by atoms with Gasteiger partial charge in [-0.25, -0.2) is 8.78 Å². The highest BCUT2D eigenvalue weighted by Gasteiger charge is 2.15. The number of carbonyl (C=O) groups excluding carboxylic acids is 1. The summed E-state index contributed by atoms with van der Waals surface area (Å²) in [6.07, 6.45) is 1.63. The molecule has 2 rings (SSSR count). The normalized spacial score (nSPS) is 10.4.